The van der Waals surface area contributed by atoms with Gasteiger partial charge in [0.05, 0.1) is 0 Å². The van der Waals surface area contributed by atoms with Gasteiger partial charge in [-0.3, -0.25) is 0 Å². The van der Waals surface area contributed by atoms with E-state index in [1.807, 2.05) is 0 Å². The first-order valence-corrected chi connectivity index (χ1v) is 17.3. The molecule has 0 heterocycles. The van der Waals surface area contributed by atoms with Crippen LogP contribution >= 0.6 is 0 Å². The van der Waals surface area contributed by atoms with Crippen LogP contribution in [0.2, 0.25) is 26.2 Å². The van der Waals surface area contributed by atoms with Crippen LogP contribution < -0.4 is 0 Å². The molecule has 3 unspecified atom stereocenters. The normalized spacial score (nSPS) is 21.0. The Morgan fingerprint density at radius 2 is 1.04 bits per heavy atom. The van der Waals surface area contributed by atoms with Gasteiger partial charge < -0.3 is 53.7 Å². The summed E-state index contributed by atoms with van der Waals surface area (Å²) in [6, 6.07) is 0. The van der Waals surface area contributed by atoms with Crippen molar-refractivity contribution >= 4 is 44.3 Å². The SMILES string of the molecule is CO[Si](C)(C)O[Si](O)(OC)O[Si](O)(O)O[Si](C)(O)O[Si](C)(O)OC. The highest BCUT2D eigenvalue weighted by Crippen LogP contribution is 2.21. The summed E-state index contributed by atoms with van der Waals surface area (Å²) >= 11 is 0. The summed E-state index contributed by atoms with van der Waals surface area (Å²) in [5.74, 6) is 0. The van der Waals surface area contributed by atoms with E-state index in [1.165, 1.54) is 13.7 Å². The molecular weight excluding hydrogens is 416 g/mol. The summed E-state index contributed by atoms with van der Waals surface area (Å²) < 4.78 is 34.0. The van der Waals surface area contributed by atoms with Gasteiger partial charge in [0.2, 0.25) is 0 Å². The second-order valence-electron chi connectivity index (χ2n) is 5.29. The standard InChI is InChI=1S/C7H26O12Si5/c1-13-20(4,5)16-24(12,15-3)19-23(10,11)18-22(7,9)17-21(6,8)14-2/h8-12H,1-7H3. The van der Waals surface area contributed by atoms with Gasteiger partial charge in [0.25, 0.3) is 0 Å². The summed E-state index contributed by atoms with van der Waals surface area (Å²) in [7, 11) is -17.0. The largest absolute Gasteiger partial charge is 0.661 e. The van der Waals surface area contributed by atoms with Gasteiger partial charge in [-0.05, 0) is 13.1 Å². The molecule has 17 heteroatoms. The van der Waals surface area contributed by atoms with Gasteiger partial charge in [-0.2, -0.15) is 0 Å². The molecule has 12 nitrogen and oxygen atoms in total. The van der Waals surface area contributed by atoms with Gasteiger partial charge >= 0.3 is 44.3 Å². The molecule has 0 rings (SSSR count). The molecule has 0 aromatic carbocycles. The molecular formula is C7H26O12Si5. The lowest BCUT2D eigenvalue weighted by Crippen LogP contribution is -2.65. The maximum atomic E-state index is 10.2. The van der Waals surface area contributed by atoms with Crippen LogP contribution in [-0.4, -0.2) is 89.6 Å². The Hall–Kier alpha value is 0.604. The highest BCUT2D eigenvalue weighted by atomic mass is 28.5. The molecule has 0 amide bonds. The lowest BCUT2D eigenvalue weighted by Gasteiger charge is -2.34. The van der Waals surface area contributed by atoms with Crippen molar-refractivity contribution in [3.63, 3.8) is 0 Å². The number of hydrogen-bond acceptors (Lipinski definition) is 12. The minimum absolute atomic E-state index is 1.01. The maximum Gasteiger partial charge on any atom is 0.661 e. The summed E-state index contributed by atoms with van der Waals surface area (Å²) in [5.41, 5.74) is 0. The Labute approximate surface area is 146 Å². The predicted molar refractivity (Wildman–Crippen MR) is 88.7 cm³/mol. The third-order valence-corrected chi connectivity index (χ3v) is 15.4. The van der Waals surface area contributed by atoms with Crippen molar-refractivity contribution in [2.45, 2.75) is 26.2 Å². The van der Waals surface area contributed by atoms with E-state index >= 15 is 0 Å². The van der Waals surface area contributed by atoms with Crippen LogP contribution in [0.15, 0.2) is 0 Å². The molecule has 0 aliphatic rings. The number of rotatable bonds is 11. The minimum atomic E-state index is -5.15. The highest BCUT2D eigenvalue weighted by Gasteiger charge is 2.59. The van der Waals surface area contributed by atoms with E-state index in [1.54, 1.807) is 13.1 Å². The average Bonchev–Trinajstić information content (AvgIpc) is 2.34. The first kappa shape index (κ1) is 24.6. The summed E-state index contributed by atoms with van der Waals surface area (Å²) in [6.45, 7) is 5.31. The topological polar surface area (TPSA) is 166 Å². The fourth-order valence-corrected chi connectivity index (χ4v) is 12.9. The molecule has 0 aromatic rings. The van der Waals surface area contributed by atoms with Crippen molar-refractivity contribution in [2.24, 2.45) is 0 Å². The summed E-state index contributed by atoms with van der Waals surface area (Å²) in [4.78, 5) is 49.7. The molecule has 24 heavy (non-hydrogen) atoms. The Bertz CT molecular complexity index is 405. The first-order chi connectivity index (χ1) is 10.5. The van der Waals surface area contributed by atoms with Crippen molar-refractivity contribution in [3.05, 3.63) is 0 Å². The lowest BCUT2D eigenvalue weighted by molar-refractivity contribution is 0.0154. The van der Waals surface area contributed by atoms with E-state index in [9.17, 15) is 24.0 Å². The Morgan fingerprint density at radius 3 is 1.42 bits per heavy atom. The van der Waals surface area contributed by atoms with E-state index in [0.717, 1.165) is 20.8 Å². The third kappa shape index (κ3) is 9.34. The van der Waals surface area contributed by atoms with Crippen LogP contribution in [0.1, 0.15) is 0 Å². The minimum Gasteiger partial charge on any atom is -0.398 e. The van der Waals surface area contributed by atoms with Gasteiger partial charge in [-0.25, -0.2) is 0 Å². The molecule has 3 atom stereocenters. The second-order valence-corrected chi connectivity index (χ2v) is 18.3. The molecule has 146 valence electrons. The molecule has 0 aromatic heterocycles. The van der Waals surface area contributed by atoms with Gasteiger partial charge in [-0.15, -0.1) is 0 Å². The van der Waals surface area contributed by atoms with Crippen LogP contribution in [0, 0.1) is 0 Å². The molecule has 0 fully saturated rings. The quantitative estimate of drug-likeness (QED) is 0.217. The predicted octanol–water partition coefficient (Wildman–Crippen LogP) is -2.34. The molecule has 0 aliphatic heterocycles. The fourth-order valence-electron chi connectivity index (χ4n) is 1.31. The third-order valence-electron chi connectivity index (χ3n) is 2.47. The van der Waals surface area contributed by atoms with Crippen LogP contribution in [0.5, 0.6) is 0 Å². The van der Waals surface area contributed by atoms with E-state index in [2.05, 4.69) is 4.43 Å². The Kier molecular flexibility index (Phi) is 8.74. The van der Waals surface area contributed by atoms with Gasteiger partial charge in [0.1, 0.15) is 0 Å². The average molecular weight is 443 g/mol. The zero-order valence-corrected chi connectivity index (χ0v) is 19.6. The van der Waals surface area contributed by atoms with Crippen LogP contribution in [0.4, 0.5) is 0 Å². The van der Waals surface area contributed by atoms with Gasteiger partial charge in [0, 0.05) is 34.4 Å². The fraction of sp³-hybridized carbons (Fsp3) is 1.00. The highest BCUT2D eigenvalue weighted by molar-refractivity contribution is 6.80. The molecule has 0 bridgehead atoms. The second kappa shape index (κ2) is 8.53. The number of hydrogen-bond donors (Lipinski definition) is 5. The van der Waals surface area contributed by atoms with E-state index < -0.39 is 44.3 Å². The molecule has 0 radical (unpaired) electrons. The van der Waals surface area contributed by atoms with E-state index in [-0.39, 0.29) is 0 Å². The lowest BCUT2D eigenvalue weighted by atomic mass is 11.8. The van der Waals surface area contributed by atoms with Crippen molar-refractivity contribution in [1.82, 2.24) is 0 Å². The smallest absolute Gasteiger partial charge is 0.398 e. The maximum absolute atomic E-state index is 10.2. The first-order valence-electron chi connectivity index (χ1n) is 6.59. The van der Waals surface area contributed by atoms with Gasteiger partial charge in [-0.1, -0.05) is 0 Å². The van der Waals surface area contributed by atoms with Crippen LogP contribution in [-0.2, 0) is 29.7 Å². The Balaban J connectivity index is 5.10. The van der Waals surface area contributed by atoms with Gasteiger partial charge in [0.15, 0.2) is 0 Å². The van der Waals surface area contributed by atoms with Crippen molar-refractivity contribution < 1.29 is 53.7 Å². The summed E-state index contributed by atoms with van der Waals surface area (Å²) in [6.07, 6.45) is 0. The zero-order valence-electron chi connectivity index (χ0n) is 14.6. The van der Waals surface area contributed by atoms with E-state index in [4.69, 9.17) is 25.3 Å². The molecule has 0 saturated carbocycles. The van der Waals surface area contributed by atoms with Crippen LogP contribution in [0.25, 0.3) is 0 Å². The van der Waals surface area contributed by atoms with E-state index in [0.29, 0.717) is 0 Å². The monoisotopic (exact) mass is 442 g/mol. The van der Waals surface area contributed by atoms with Crippen molar-refractivity contribution in [1.29, 1.82) is 0 Å². The molecule has 0 saturated heterocycles. The Morgan fingerprint density at radius 1 is 0.542 bits per heavy atom. The molecule has 0 aliphatic carbocycles. The molecule has 5 N–H and O–H groups in total. The van der Waals surface area contributed by atoms with Crippen molar-refractivity contribution in [2.75, 3.05) is 21.3 Å². The zero-order chi connectivity index (χ0) is 19.4. The van der Waals surface area contributed by atoms with Crippen LogP contribution in [0.3, 0.4) is 0 Å². The summed E-state index contributed by atoms with van der Waals surface area (Å²) in [5, 5.41) is 0. The van der Waals surface area contributed by atoms with Crippen molar-refractivity contribution in [3.8, 4) is 0 Å². The molecule has 0 spiro atoms.